The Labute approximate surface area is 125 Å². The lowest BCUT2D eigenvalue weighted by molar-refractivity contribution is 0.475. The molecule has 1 aromatic carbocycles. The van der Waals surface area contributed by atoms with E-state index in [1.165, 1.54) is 0 Å². The number of hydrogen-bond donors (Lipinski definition) is 1. The van der Waals surface area contributed by atoms with Crippen LogP contribution in [0.2, 0.25) is 16.6 Å². The fourth-order valence-corrected chi connectivity index (χ4v) is 8.61. The first kappa shape index (κ1) is 16.9. The fraction of sp³-hybridized carbons (Fsp3) is 0.556. The minimum Gasteiger partial charge on any atom is -0.508 e. The molecule has 0 spiro atoms. The Morgan fingerprint density at radius 3 is 1.85 bits per heavy atom. The third kappa shape index (κ3) is 3.27. The van der Waals surface area contributed by atoms with Crippen molar-refractivity contribution in [1.82, 2.24) is 0 Å². The maximum Gasteiger partial charge on any atom is 0.146 e. The summed E-state index contributed by atoms with van der Waals surface area (Å²) in [6.45, 7) is 16.0. The van der Waals surface area contributed by atoms with Crippen LogP contribution < -0.4 is 0 Å². The number of hydrogen-bond acceptors (Lipinski definition) is 1. The summed E-state index contributed by atoms with van der Waals surface area (Å²) >= 11 is 0. The van der Waals surface area contributed by atoms with Gasteiger partial charge in [-0.25, -0.2) is 0 Å². The van der Waals surface area contributed by atoms with E-state index in [0.717, 1.165) is 11.1 Å². The summed E-state index contributed by atoms with van der Waals surface area (Å²) in [5.74, 6) is 3.74. The molecule has 0 unspecified atom stereocenters. The molecule has 0 bridgehead atoms. The molecular weight excluding hydrogens is 260 g/mol. The largest absolute Gasteiger partial charge is 0.508 e. The van der Waals surface area contributed by atoms with E-state index in [0.29, 0.717) is 22.4 Å². The second-order valence-electron chi connectivity index (χ2n) is 6.65. The number of aryl methyl sites for hydroxylation is 1. The summed E-state index contributed by atoms with van der Waals surface area (Å²) < 4.78 is 0. The third-order valence-corrected chi connectivity index (χ3v) is 10.8. The van der Waals surface area contributed by atoms with Crippen LogP contribution in [0.5, 0.6) is 5.75 Å². The molecule has 0 aliphatic carbocycles. The maximum absolute atomic E-state index is 9.49. The van der Waals surface area contributed by atoms with Gasteiger partial charge in [0.05, 0.1) is 0 Å². The number of phenols is 1. The molecule has 0 saturated carbocycles. The number of aromatic hydroxyl groups is 1. The lowest BCUT2D eigenvalue weighted by atomic mass is 10.1. The van der Waals surface area contributed by atoms with Crippen LogP contribution in [0.25, 0.3) is 0 Å². The highest BCUT2D eigenvalue weighted by Crippen LogP contribution is 2.40. The van der Waals surface area contributed by atoms with Crippen molar-refractivity contribution in [1.29, 1.82) is 0 Å². The quantitative estimate of drug-likeness (QED) is 0.593. The molecule has 0 heterocycles. The summed E-state index contributed by atoms with van der Waals surface area (Å²) in [5, 5.41) is 9.49. The van der Waals surface area contributed by atoms with Gasteiger partial charge in [0.1, 0.15) is 13.8 Å². The second kappa shape index (κ2) is 6.50. The molecule has 0 aliphatic heterocycles. The van der Waals surface area contributed by atoms with Crippen molar-refractivity contribution in [2.75, 3.05) is 0 Å². The zero-order valence-corrected chi connectivity index (χ0v) is 14.9. The summed E-state index contributed by atoms with van der Waals surface area (Å²) in [4.78, 5) is 0. The van der Waals surface area contributed by atoms with E-state index in [1.54, 1.807) is 12.1 Å². The summed E-state index contributed by atoms with van der Waals surface area (Å²) in [7, 11) is -1.67. The van der Waals surface area contributed by atoms with E-state index < -0.39 is 8.07 Å². The van der Waals surface area contributed by atoms with E-state index in [1.807, 2.05) is 13.0 Å². The molecule has 0 radical (unpaired) electrons. The van der Waals surface area contributed by atoms with Gasteiger partial charge in [0.25, 0.3) is 0 Å². The molecule has 2 heteroatoms. The van der Waals surface area contributed by atoms with Gasteiger partial charge < -0.3 is 5.11 Å². The highest BCUT2D eigenvalue weighted by molar-refractivity contribution is 6.90. The first-order valence-electron chi connectivity index (χ1n) is 7.54. The molecule has 1 nitrogen and oxygen atoms in total. The molecule has 0 aliphatic rings. The Hall–Kier alpha value is -1.20. The third-order valence-electron chi connectivity index (χ3n) is 4.49. The number of benzene rings is 1. The minimum atomic E-state index is -1.67. The number of phenolic OH excluding ortho intramolecular Hbond substituents is 1. The van der Waals surface area contributed by atoms with Crippen LogP contribution in [0.1, 0.15) is 52.7 Å². The van der Waals surface area contributed by atoms with E-state index >= 15 is 0 Å². The molecule has 20 heavy (non-hydrogen) atoms. The molecule has 0 amide bonds. The normalized spacial score (nSPS) is 11.9. The Bertz CT molecular complexity index is 496. The van der Waals surface area contributed by atoms with Gasteiger partial charge in [-0.3, -0.25) is 0 Å². The molecule has 0 fully saturated rings. The van der Waals surface area contributed by atoms with Crippen molar-refractivity contribution >= 4 is 8.07 Å². The molecule has 1 N–H and O–H groups in total. The van der Waals surface area contributed by atoms with Crippen LogP contribution in [-0.2, 0) is 0 Å². The predicted octanol–water partition coefficient (Wildman–Crippen LogP) is 5.27. The Kier molecular flexibility index (Phi) is 5.47. The number of rotatable bonds is 3. The molecule has 0 aromatic heterocycles. The summed E-state index contributed by atoms with van der Waals surface area (Å²) in [5.41, 5.74) is 7.75. The Balaban J connectivity index is 3.30. The molecule has 110 valence electrons. The van der Waals surface area contributed by atoms with Gasteiger partial charge >= 0.3 is 0 Å². The fourth-order valence-electron chi connectivity index (χ4n) is 3.40. The van der Waals surface area contributed by atoms with Crippen LogP contribution in [0.15, 0.2) is 18.2 Å². The molecule has 0 saturated heterocycles. The van der Waals surface area contributed by atoms with Crippen LogP contribution in [-0.4, -0.2) is 13.2 Å². The van der Waals surface area contributed by atoms with E-state index in [4.69, 9.17) is 0 Å². The van der Waals surface area contributed by atoms with E-state index in [9.17, 15) is 5.11 Å². The van der Waals surface area contributed by atoms with Gasteiger partial charge in [0.15, 0.2) is 0 Å². The van der Waals surface area contributed by atoms with Crippen molar-refractivity contribution in [2.24, 2.45) is 0 Å². The van der Waals surface area contributed by atoms with Gasteiger partial charge in [-0.05, 0) is 47.3 Å². The van der Waals surface area contributed by atoms with Gasteiger partial charge in [-0.2, -0.15) is 0 Å². The minimum absolute atomic E-state index is 0.313. The van der Waals surface area contributed by atoms with Crippen LogP contribution >= 0.6 is 0 Å². The highest BCUT2D eigenvalue weighted by atomic mass is 28.3. The van der Waals surface area contributed by atoms with E-state index in [-0.39, 0.29) is 0 Å². The SMILES string of the molecule is Cc1cc(O)ccc1C#C[Si](C(C)C)(C(C)C)C(C)C. The lowest BCUT2D eigenvalue weighted by Crippen LogP contribution is -2.43. The molecule has 0 atom stereocenters. The predicted molar refractivity (Wildman–Crippen MR) is 90.8 cm³/mol. The zero-order chi connectivity index (χ0) is 15.5. The average molecular weight is 289 g/mol. The smallest absolute Gasteiger partial charge is 0.146 e. The maximum atomic E-state index is 9.49. The van der Waals surface area contributed by atoms with Crippen LogP contribution in [0, 0.1) is 18.4 Å². The Morgan fingerprint density at radius 1 is 0.950 bits per heavy atom. The first-order valence-corrected chi connectivity index (χ1v) is 9.77. The lowest BCUT2D eigenvalue weighted by Gasteiger charge is -2.38. The van der Waals surface area contributed by atoms with Crippen molar-refractivity contribution in [2.45, 2.75) is 65.1 Å². The van der Waals surface area contributed by atoms with Crippen molar-refractivity contribution in [3.05, 3.63) is 29.3 Å². The van der Waals surface area contributed by atoms with Crippen molar-refractivity contribution < 1.29 is 5.11 Å². The van der Waals surface area contributed by atoms with Crippen LogP contribution in [0.4, 0.5) is 0 Å². The van der Waals surface area contributed by atoms with Gasteiger partial charge in [-0.15, -0.1) is 5.54 Å². The van der Waals surface area contributed by atoms with Crippen molar-refractivity contribution in [3.8, 4) is 17.2 Å². The zero-order valence-electron chi connectivity index (χ0n) is 13.9. The molecular formula is C18H28OSi. The first-order chi connectivity index (χ1) is 9.21. The van der Waals surface area contributed by atoms with Crippen LogP contribution in [0.3, 0.4) is 0 Å². The monoisotopic (exact) mass is 288 g/mol. The average Bonchev–Trinajstić information content (AvgIpc) is 2.30. The van der Waals surface area contributed by atoms with Gasteiger partial charge in [-0.1, -0.05) is 47.5 Å². The van der Waals surface area contributed by atoms with Gasteiger partial charge in [0.2, 0.25) is 0 Å². The standard InChI is InChI=1S/C18H28OSi/c1-13(2)20(14(3)4,15(5)6)11-10-17-8-9-18(19)12-16(17)7/h8-9,12-15,19H,1-7H3. The molecule has 1 rings (SSSR count). The second-order valence-corrected chi connectivity index (χ2v) is 12.2. The Morgan fingerprint density at radius 2 is 1.45 bits per heavy atom. The topological polar surface area (TPSA) is 20.2 Å². The van der Waals surface area contributed by atoms with Crippen molar-refractivity contribution in [3.63, 3.8) is 0 Å². The van der Waals surface area contributed by atoms with E-state index in [2.05, 4.69) is 53.0 Å². The highest BCUT2D eigenvalue weighted by Gasteiger charge is 2.41. The van der Waals surface area contributed by atoms with Gasteiger partial charge in [0, 0.05) is 5.56 Å². The summed E-state index contributed by atoms with van der Waals surface area (Å²) in [6, 6.07) is 5.44. The summed E-state index contributed by atoms with van der Waals surface area (Å²) in [6.07, 6.45) is 0. The molecule has 1 aromatic rings.